The molecule has 24 heavy (non-hydrogen) atoms. The van der Waals surface area contributed by atoms with Crippen molar-refractivity contribution in [2.24, 2.45) is 0 Å². The van der Waals surface area contributed by atoms with E-state index in [1.165, 1.54) is 12.1 Å². The van der Waals surface area contributed by atoms with E-state index in [0.717, 1.165) is 5.56 Å². The lowest BCUT2D eigenvalue weighted by molar-refractivity contribution is 0.0684. The third-order valence-electron chi connectivity index (χ3n) is 3.81. The van der Waals surface area contributed by atoms with Gasteiger partial charge in [-0.2, -0.15) is 0 Å². The molecule has 0 bridgehead atoms. The quantitative estimate of drug-likeness (QED) is 0.747. The lowest BCUT2D eigenvalue weighted by Gasteiger charge is -2.15. The molecule has 3 rings (SSSR count). The Morgan fingerprint density at radius 1 is 0.583 bits per heavy atom. The summed E-state index contributed by atoms with van der Waals surface area (Å²) in [6.45, 7) is 0. The number of hydrogen-bond donors (Lipinski definition) is 2. The molecule has 0 aliphatic carbocycles. The second kappa shape index (κ2) is 6.38. The van der Waals surface area contributed by atoms with Gasteiger partial charge in [-0.05, 0) is 28.8 Å². The second-order valence-electron chi connectivity index (χ2n) is 5.25. The molecule has 0 unspecified atom stereocenters. The Hall–Kier alpha value is -3.40. The Morgan fingerprint density at radius 2 is 1.12 bits per heavy atom. The molecule has 3 aromatic rings. The van der Waals surface area contributed by atoms with Crippen LogP contribution < -0.4 is 0 Å². The van der Waals surface area contributed by atoms with Crippen molar-refractivity contribution in [3.63, 3.8) is 0 Å². The highest BCUT2D eigenvalue weighted by Gasteiger charge is 2.21. The molecular weight excluding hydrogens is 304 g/mol. The van der Waals surface area contributed by atoms with E-state index in [0.29, 0.717) is 16.7 Å². The second-order valence-corrected chi connectivity index (χ2v) is 5.25. The topological polar surface area (TPSA) is 74.6 Å². The maximum Gasteiger partial charge on any atom is 0.336 e. The fourth-order valence-electron chi connectivity index (χ4n) is 2.77. The van der Waals surface area contributed by atoms with Crippen molar-refractivity contribution in [1.82, 2.24) is 0 Å². The Labute approximate surface area is 138 Å². The molecule has 0 spiro atoms. The molecular formula is C20H14O4. The largest absolute Gasteiger partial charge is 0.478 e. The third kappa shape index (κ3) is 2.77. The Kier molecular flexibility index (Phi) is 4.12. The van der Waals surface area contributed by atoms with Crippen molar-refractivity contribution in [2.75, 3.05) is 0 Å². The van der Waals surface area contributed by atoms with Crippen molar-refractivity contribution in [2.45, 2.75) is 0 Å². The molecule has 2 N–H and O–H groups in total. The van der Waals surface area contributed by atoms with Crippen molar-refractivity contribution in [3.05, 3.63) is 83.9 Å². The Morgan fingerprint density at radius 3 is 1.79 bits per heavy atom. The summed E-state index contributed by atoms with van der Waals surface area (Å²) in [6, 6.07) is 20.7. The number of carboxylic acid groups (broad SMARTS) is 2. The fourth-order valence-corrected chi connectivity index (χ4v) is 2.77. The number of benzene rings is 3. The summed E-state index contributed by atoms with van der Waals surface area (Å²) in [5, 5.41) is 19.1. The summed E-state index contributed by atoms with van der Waals surface area (Å²) < 4.78 is 0. The van der Waals surface area contributed by atoms with E-state index >= 15 is 0 Å². The zero-order valence-corrected chi connectivity index (χ0v) is 12.6. The first-order valence-electron chi connectivity index (χ1n) is 7.34. The lowest BCUT2D eigenvalue weighted by Crippen LogP contribution is -2.05. The zero-order chi connectivity index (χ0) is 17.1. The molecule has 0 aliphatic heterocycles. The molecule has 0 aliphatic rings. The summed E-state index contributed by atoms with van der Waals surface area (Å²) >= 11 is 0. The number of aromatic carboxylic acids is 2. The first-order chi connectivity index (χ1) is 11.6. The Bertz CT molecular complexity index is 914. The highest BCUT2D eigenvalue weighted by atomic mass is 16.4. The number of hydrogen-bond acceptors (Lipinski definition) is 2. The normalized spacial score (nSPS) is 10.3. The van der Waals surface area contributed by atoms with E-state index in [-0.39, 0.29) is 11.1 Å². The molecule has 0 saturated heterocycles. The van der Waals surface area contributed by atoms with Gasteiger partial charge in [-0.1, -0.05) is 60.7 Å². The van der Waals surface area contributed by atoms with E-state index < -0.39 is 11.9 Å². The van der Waals surface area contributed by atoms with Crippen LogP contribution in [0.5, 0.6) is 0 Å². The van der Waals surface area contributed by atoms with Gasteiger partial charge in [0, 0.05) is 5.56 Å². The van der Waals surface area contributed by atoms with Crippen LogP contribution in [0.15, 0.2) is 72.8 Å². The van der Waals surface area contributed by atoms with Crippen LogP contribution in [-0.2, 0) is 0 Å². The average molecular weight is 318 g/mol. The van der Waals surface area contributed by atoms with Crippen LogP contribution in [-0.4, -0.2) is 22.2 Å². The summed E-state index contributed by atoms with van der Waals surface area (Å²) in [5.74, 6) is -2.19. The number of rotatable bonds is 4. The van der Waals surface area contributed by atoms with Gasteiger partial charge in [0.1, 0.15) is 0 Å². The molecule has 4 heteroatoms. The predicted molar refractivity (Wildman–Crippen MR) is 91.2 cm³/mol. The van der Waals surface area contributed by atoms with Gasteiger partial charge in [0.15, 0.2) is 0 Å². The van der Waals surface area contributed by atoms with Crippen LogP contribution in [0.2, 0.25) is 0 Å². The van der Waals surface area contributed by atoms with Gasteiger partial charge in [-0.25, -0.2) is 9.59 Å². The SMILES string of the molecule is O=C(O)c1ccccc1-c1c(C(=O)O)cccc1-c1ccccc1. The number of carbonyl (C=O) groups is 2. The molecule has 0 atom stereocenters. The average Bonchev–Trinajstić information content (AvgIpc) is 2.61. The zero-order valence-electron chi connectivity index (χ0n) is 12.6. The minimum Gasteiger partial charge on any atom is -0.478 e. The van der Waals surface area contributed by atoms with E-state index in [4.69, 9.17) is 0 Å². The maximum absolute atomic E-state index is 11.7. The van der Waals surface area contributed by atoms with Crippen LogP contribution in [0.4, 0.5) is 0 Å². The van der Waals surface area contributed by atoms with Crippen LogP contribution in [0.25, 0.3) is 22.3 Å². The van der Waals surface area contributed by atoms with E-state index in [2.05, 4.69) is 0 Å². The number of carboxylic acids is 2. The van der Waals surface area contributed by atoms with Gasteiger partial charge in [0.05, 0.1) is 11.1 Å². The minimum atomic E-state index is -1.09. The van der Waals surface area contributed by atoms with E-state index in [9.17, 15) is 19.8 Å². The van der Waals surface area contributed by atoms with E-state index in [1.807, 2.05) is 30.3 Å². The molecule has 3 aromatic carbocycles. The first kappa shape index (κ1) is 15.5. The molecule has 4 nitrogen and oxygen atoms in total. The smallest absolute Gasteiger partial charge is 0.336 e. The van der Waals surface area contributed by atoms with Gasteiger partial charge >= 0.3 is 11.9 Å². The van der Waals surface area contributed by atoms with Crippen LogP contribution in [0.3, 0.4) is 0 Å². The van der Waals surface area contributed by atoms with Gasteiger partial charge < -0.3 is 10.2 Å². The van der Waals surface area contributed by atoms with Gasteiger partial charge in [0.2, 0.25) is 0 Å². The highest BCUT2D eigenvalue weighted by molar-refractivity contribution is 6.06. The predicted octanol–water partition coefficient (Wildman–Crippen LogP) is 4.42. The standard InChI is InChI=1S/C20H14O4/c21-19(22)16-10-5-4-9-15(16)18-14(13-7-2-1-3-8-13)11-6-12-17(18)20(23)24/h1-12H,(H,21,22)(H,23,24). The summed E-state index contributed by atoms with van der Waals surface area (Å²) in [7, 11) is 0. The molecule has 118 valence electrons. The minimum absolute atomic E-state index is 0.0726. The molecule has 0 amide bonds. The summed E-state index contributed by atoms with van der Waals surface area (Å²) in [5.41, 5.74) is 2.46. The van der Waals surface area contributed by atoms with Crippen molar-refractivity contribution < 1.29 is 19.8 Å². The summed E-state index contributed by atoms with van der Waals surface area (Å²) in [4.78, 5) is 23.3. The van der Waals surface area contributed by atoms with Gasteiger partial charge in [0.25, 0.3) is 0 Å². The fraction of sp³-hybridized carbons (Fsp3) is 0. The van der Waals surface area contributed by atoms with Crippen LogP contribution >= 0.6 is 0 Å². The maximum atomic E-state index is 11.7. The van der Waals surface area contributed by atoms with Crippen LogP contribution in [0.1, 0.15) is 20.7 Å². The van der Waals surface area contributed by atoms with E-state index in [1.54, 1.807) is 30.3 Å². The monoisotopic (exact) mass is 318 g/mol. The lowest BCUT2D eigenvalue weighted by atomic mass is 9.88. The first-order valence-corrected chi connectivity index (χ1v) is 7.34. The van der Waals surface area contributed by atoms with Crippen molar-refractivity contribution in [3.8, 4) is 22.3 Å². The molecule has 0 radical (unpaired) electrons. The molecule has 0 saturated carbocycles. The molecule has 0 fully saturated rings. The molecule has 0 aromatic heterocycles. The van der Waals surface area contributed by atoms with Crippen molar-refractivity contribution in [1.29, 1.82) is 0 Å². The summed E-state index contributed by atoms with van der Waals surface area (Å²) in [6.07, 6.45) is 0. The highest BCUT2D eigenvalue weighted by Crippen LogP contribution is 2.36. The van der Waals surface area contributed by atoms with Gasteiger partial charge in [-0.3, -0.25) is 0 Å². The van der Waals surface area contributed by atoms with Crippen LogP contribution in [0, 0.1) is 0 Å². The Balaban J connectivity index is 2.38. The molecule has 0 heterocycles. The van der Waals surface area contributed by atoms with Gasteiger partial charge in [-0.15, -0.1) is 0 Å². The van der Waals surface area contributed by atoms with Crippen molar-refractivity contribution >= 4 is 11.9 Å². The third-order valence-corrected chi connectivity index (χ3v) is 3.81.